The van der Waals surface area contributed by atoms with Crippen molar-refractivity contribution in [2.75, 3.05) is 19.3 Å². The molecular weight excluding hydrogens is 1860 g/mol. The minimum absolute atomic E-state index is 0. The van der Waals surface area contributed by atoms with Crippen LogP contribution in [0.3, 0.4) is 0 Å². The van der Waals surface area contributed by atoms with Crippen LogP contribution in [0.1, 0.15) is 10.6 Å². The molecule has 0 aliphatic carbocycles. The Morgan fingerprint density at radius 1 is 0.234 bits per heavy atom. The zero-order chi connectivity index (χ0) is 87.8. The van der Waals surface area contributed by atoms with Crippen LogP contribution in [0.2, 0.25) is 0 Å². The molecule has 94 heavy (non-hydrogen) atoms. The van der Waals surface area contributed by atoms with Gasteiger partial charge in [0.1, 0.15) is 0 Å². The predicted octanol–water partition coefficient (Wildman–Crippen LogP) is 35.6. The van der Waals surface area contributed by atoms with Crippen LogP contribution in [0, 0.1) is 0 Å². The Labute approximate surface area is 475 Å². The molecule has 2 rings (SSSR count). The number of fused-ring (bicyclic) bond motifs is 1. The van der Waals surface area contributed by atoms with Crippen molar-refractivity contribution in [2.45, 2.75) is 13.0 Å². The summed E-state index contributed by atoms with van der Waals surface area (Å²) in [5.41, 5.74) is 6.81. The number of halogens is 83. The molecule has 0 atom stereocenters. The van der Waals surface area contributed by atoms with Crippen molar-refractivity contribution in [1.29, 1.82) is 0 Å². The van der Waals surface area contributed by atoms with Crippen LogP contribution in [0.25, 0.3) is 0 Å². The van der Waals surface area contributed by atoms with Gasteiger partial charge in [0.15, 0.2) is 5.13 Å². The van der Waals surface area contributed by atoms with Crippen LogP contribution in [0.15, 0.2) is 0 Å². The SMILES string of the molecule is Br.Br.CN1CCc2nc(N)sc2C1.F.FF.FF.FF.FF.FF.FF.FF.FF.FF.FF.FF.FF.FF.FF.FF.FF.FF.FF.FF.FF.FF.FF.FF.FF.FF.FF.FF.FF.FF.FF.FF.FF.FF.FF.FF.FF.FF.FF.FF.FF. The van der Waals surface area contributed by atoms with Gasteiger partial charge in [0, 0.05) is 390 Å². The molecule has 0 aromatic carbocycles. The van der Waals surface area contributed by atoms with Gasteiger partial charge >= 0.3 is 0 Å². The van der Waals surface area contributed by atoms with Gasteiger partial charge in [-0.05, 0) is 7.05 Å². The molecule has 0 fully saturated rings. The maximum absolute atomic E-state index is 8.00. The molecular formula is C7H14Br2F81N3S. The number of likely N-dealkylation sites (N-methyl/N-ethyl adjacent to an activating group) is 1. The molecule has 3 nitrogen and oxygen atoms in total. The van der Waals surface area contributed by atoms with E-state index in [1.807, 2.05) is 0 Å². The van der Waals surface area contributed by atoms with E-state index >= 15 is 0 Å². The van der Waals surface area contributed by atoms with Crippen molar-refractivity contribution in [3.8, 4) is 0 Å². The molecule has 644 valence electrons. The van der Waals surface area contributed by atoms with Crippen LogP contribution in [-0.2, 0) is 13.0 Å². The molecule has 87 heteroatoms. The van der Waals surface area contributed by atoms with Crippen molar-refractivity contribution < 1.29 is 371 Å². The summed E-state index contributed by atoms with van der Waals surface area (Å²) < 4.78 is 640. The Kier molecular flexibility index (Phi) is 16100. The number of rotatable bonds is 0. The fourth-order valence-electron chi connectivity index (χ4n) is 1.34. The molecule has 0 radical (unpaired) electrons. The molecule has 0 spiro atoms. The van der Waals surface area contributed by atoms with Gasteiger partial charge in [-0.25, -0.2) is 4.98 Å². The van der Waals surface area contributed by atoms with E-state index in [4.69, 9.17) is 372 Å². The summed E-state index contributed by atoms with van der Waals surface area (Å²) in [6, 6.07) is 0. The molecule has 0 saturated carbocycles. The molecule has 2 heterocycles. The van der Waals surface area contributed by atoms with Crippen molar-refractivity contribution in [1.82, 2.24) is 9.88 Å². The van der Waals surface area contributed by atoms with E-state index < -0.39 is 0 Å². The third kappa shape index (κ3) is 2590. The number of nitrogens with two attached hydrogens (primary N) is 1. The number of nitrogens with zero attached hydrogens (tertiary/aromatic N) is 2. The highest BCUT2D eigenvalue weighted by molar-refractivity contribution is 8.93. The summed E-state index contributed by atoms with van der Waals surface area (Å²) in [4.78, 5) is 7.89. The van der Waals surface area contributed by atoms with E-state index in [1.54, 1.807) is 11.3 Å². The number of nitrogen functional groups attached to an aromatic ring is 1. The number of thiazole rings is 1. The standard InChI is InChI=1S/C7H11N3S.2BrH.40F2.FH/c1-10-3-2-5-6(4-10)11-7(8)9-5;;;40*1-2;/h2-4H2,1H3,(H2,8,9);2*1H;;;;;;;;;;;;;;;;;;;;;;;;;;;;;;;;;;;;;;;;;1H. The lowest BCUT2D eigenvalue weighted by Gasteiger charge is -2.20. The van der Waals surface area contributed by atoms with Crippen molar-refractivity contribution in [2.24, 2.45) is 0 Å². The normalized spacial score (nSPS) is 4.69. The molecule has 1 aromatic heterocycles. The van der Waals surface area contributed by atoms with Gasteiger partial charge in [-0.1, -0.05) is 0 Å². The van der Waals surface area contributed by atoms with Gasteiger partial charge < -0.3 is 10.6 Å². The topological polar surface area (TPSA) is 42.2 Å². The zero-order valence-corrected chi connectivity index (χ0v) is 42.2. The van der Waals surface area contributed by atoms with E-state index in [-0.39, 0.29) is 38.7 Å². The van der Waals surface area contributed by atoms with Gasteiger partial charge in [-0.15, -0.1) is 45.3 Å². The van der Waals surface area contributed by atoms with Crippen molar-refractivity contribution in [3.63, 3.8) is 0 Å². The summed E-state index contributed by atoms with van der Waals surface area (Å²) in [6.07, 6.45) is 1.06. The Bertz CT molecular complexity index is 331. The second kappa shape index (κ2) is 4830. The number of hydrogen-bond acceptors (Lipinski definition) is 4. The molecule has 0 bridgehead atoms. The molecule has 1 aliphatic heterocycles. The van der Waals surface area contributed by atoms with Crippen LogP contribution in [0.5, 0.6) is 0 Å². The first-order valence-corrected chi connectivity index (χ1v) is 10.2. The second-order valence-electron chi connectivity index (χ2n) is 2.91. The Morgan fingerprint density at radius 3 is 0.426 bits per heavy atom. The summed E-state index contributed by atoms with van der Waals surface area (Å²) >= 11 is 1.62. The maximum atomic E-state index is 8.00. The van der Waals surface area contributed by atoms with Crippen LogP contribution < -0.4 is 5.73 Å². The van der Waals surface area contributed by atoms with E-state index in [0.29, 0.717) is 5.13 Å². The highest BCUT2D eigenvalue weighted by Crippen LogP contribution is 2.25. The molecule has 2 N–H and O–H groups in total. The van der Waals surface area contributed by atoms with Gasteiger partial charge in [-0.2, -0.15) is 0 Å². The number of aromatic nitrogens is 1. The highest BCUT2D eigenvalue weighted by Gasteiger charge is 2.16. The average Bonchev–Trinajstić information content (AvgIpc) is 4.16. The summed E-state index contributed by atoms with van der Waals surface area (Å²) in [5.74, 6) is 0. The summed E-state index contributed by atoms with van der Waals surface area (Å²) in [7, 11) is 2.12. The minimum atomic E-state index is 0. The molecule has 0 unspecified atom stereocenters. The molecule has 0 amide bonds. The molecule has 1 aliphatic rings. The third-order valence-corrected chi connectivity index (χ3v) is 2.85. The molecule has 0 saturated heterocycles. The van der Waals surface area contributed by atoms with Crippen molar-refractivity contribution >= 4 is 50.4 Å². The fourth-order valence-corrected chi connectivity index (χ4v) is 2.30. The lowest BCUT2D eigenvalue weighted by molar-refractivity contribution is 0.108. The first-order chi connectivity index (χ1) is 45.3. The Morgan fingerprint density at radius 2 is 0.330 bits per heavy atom. The van der Waals surface area contributed by atoms with Gasteiger partial charge in [-0.3, -0.25) is 4.70 Å². The smallest absolute Gasteiger partial charge is 0.180 e. The summed E-state index contributed by atoms with van der Waals surface area (Å²) in [5, 5.41) is 0.713. The first-order valence-electron chi connectivity index (χ1n) is 9.40. The van der Waals surface area contributed by atoms with E-state index in [0.717, 1.165) is 19.5 Å². The number of anilines is 1. The van der Waals surface area contributed by atoms with Crippen LogP contribution in [0.4, 0.5) is 376 Å². The van der Waals surface area contributed by atoms with E-state index in [1.165, 1.54) is 10.6 Å². The predicted molar refractivity (Wildman–Crippen MR) is 158 cm³/mol. The minimum Gasteiger partial charge on any atom is -0.375 e. The molecule has 1 aromatic rings. The average molecular weight is 1870 g/mol. The quantitative estimate of drug-likeness (QED) is 0.263. The van der Waals surface area contributed by atoms with Gasteiger partial charge in [0.25, 0.3) is 0 Å². The maximum Gasteiger partial charge on any atom is 0.180 e. The Balaban J connectivity index is -0.00000000753. The van der Waals surface area contributed by atoms with Gasteiger partial charge in [0.2, 0.25) is 0 Å². The van der Waals surface area contributed by atoms with E-state index in [2.05, 4.69) is 16.9 Å². The third-order valence-electron chi connectivity index (χ3n) is 1.94. The second-order valence-corrected chi connectivity index (χ2v) is 4.02. The highest BCUT2D eigenvalue weighted by atomic mass is 79.9. The van der Waals surface area contributed by atoms with Crippen LogP contribution >= 0.6 is 45.3 Å². The zero-order valence-electron chi connectivity index (χ0n) is 38.0. The number of hydrogen-bond donors (Lipinski definition) is 1. The lowest BCUT2D eigenvalue weighted by atomic mass is 10.2. The monoisotopic (exact) mass is 1870 g/mol. The first kappa shape index (κ1) is 313. The van der Waals surface area contributed by atoms with Crippen LogP contribution in [-0.4, -0.2) is 23.5 Å². The van der Waals surface area contributed by atoms with E-state index in [9.17, 15) is 0 Å². The summed E-state index contributed by atoms with van der Waals surface area (Å²) in [6.45, 7) is 2.13. The fraction of sp³-hybridized carbons (Fsp3) is 0.571. The largest absolute Gasteiger partial charge is 0.375 e. The lowest BCUT2D eigenvalue weighted by Crippen LogP contribution is -2.25. The van der Waals surface area contributed by atoms with Crippen molar-refractivity contribution in [3.05, 3.63) is 10.6 Å². The Hall–Kier alpha value is -5.32. The van der Waals surface area contributed by atoms with Gasteiger partial charge in [0.05, 0.1) is 5.69 Å².